The van der Waals surface area contributed by atoms with Crippen molar-refractivity contribution < 1.29 is 4.39 Å². The lowest BCUT2D eigenvalue weighted by Gasteiger charge is -2.16. The Bertz CT molecular complexity index is 599. The van der Waals surface area contributed by atoms with E-state index in [-0.39, 0.29) is 11.9 Å². The first-order valence-corrected chi connectivity index (χ1v) is 6.69. The minimum absolute atomic E-state index is 0.221. The second-order valence-electron chi connectivity index (χ2n) is 4.50. The van der Waals surface area contributed by atoms with Gasteiger partial charge in [-0.05, 0) is 48.2 Å². The van der Waals surface area contributed by atoms with Crippen LogP contribution in [0.2, 0.25) is 10.0 Å². The monoisotopic (exact) mass is 297 g/mol. The van der Waals surface area contributed by atoms with Crippen molar-refractivity contribution in [2.75, 3.05) is 0 Å². The Kier molecular flexibility index (Phi) is 4.46. The van der Waals surface area contributed by atoms with Crippen LogP contribution in [0.15, 0.2) is 36.4 Å². The summed E-state index contributed by atoms with van der Waals surface area (Å²) >= 11 is 12.1. The number of nitrogens with two attached hydrogens (primary N) is 1. The highest BCUT2D eigenvalue weighted by Crippen LogP contribution is 2.27. The van der Waals surface area contributed by atoms with E-state index in [0.29, 0.717) is 16.5 Å². The molecule has 0 spiro atoms. The van der Waals surface area contributed by atoms with Crippen molar-refractivity contribution in [3.63, 3.8) is 0 Å². The Balaban J connectivity index is 2.25. The summed E-state index contributed by atoms with van der Waals surface area (Å²) in [5.74, 6) is -0.346. The number of halogens is 3. The summed E-state index contributed by atoms with van der Waals surface area (Å²) in [7, 11) is 0. The molecule has 2 aromatic carbocycles. The van der Waals surface area contributed by atoms with Gasteiger partial charge >= 0.3 is 0 Å². The third-order valence-corrected chi connectivity index (χ3v) is 3.93. The Morgan fingerprint density at radius 3 is 2.58 bits per heavy atom. The van der Waals surface area contributed by atoms with Crippen LogP contribution < -0.4 is 5.73 Å². The average Bonchev–Trinajstić information content (AvgIpc) is 2.36. The van der Waals surface area contributed by atoms with Gasteiger partial charge in [-0.3, -0.25) is 0 Å². The van der Waals surface area contributed by atoms with E-state index < -0.39 is 0 Å². The molecule has 0 aliphatic rings. The normalized spacial score (nSPS) is 12.5. The first kappa shape index (κ1) is 14.3. The van der Waals surface area contributed by atoms with Gasteiger partial charge in [-0.15, -0.1) is 0 Å². The Morgan fingerprint density at radius 1 is 1.16 bits per heavy atom. The molecule has 1 atom stereocenters. The molecule has 0 amide bonds. The van der Waals surface area contributed by atoms with Gasteiger partial charge in [-0.2, -0.15) is 0 Å². The quantitative estimate of drug-likeness (QED) is 0.874. The zero-order valence-corrected chi connectivity index (χ0v) is 12.0. The van der Waals surface area contributed by atoms with Crippen LogP contribution >= 0.6 is 23.2 Å². The van der Waals surface area contributed by atoms with Crippen molar-refractivity contribution in [2.24, 2.45) is 5.73 Å². The molecule has 0 aliphatic carbocycles. The molecule has 0 saturated heterocycles. The van der Waals surface area contributed by atoms with E-state index in [2.05, 4.69) is 0 Å². The number of benzene rings is 2. The Labute approximate surface area is 122 Å². The van der Waals surface area contributed by atoms with Gasteiger partial charge in [0.15, 0.2) is 0 Å². The number of hydrogen-bond acceptors (Lipinski definition) is 1. The van der Waals surface area contributed by atoms with Crippen LogP contribution in [0.4, 0.5) is 4.39 Å². The van der Waals surface area contributed by atoms with E-state index in [4.69, 9.17) is 28.9 Å². The summed E-state index contributed by atoms with van der Waals surface area (Å²) in [6.07, 6.45) is 0.542. The Hall–Kier alpha value is -1.09. The second-order valence-corrected chi connectivity index (χ2v) is 5.31. The van der Waals surface area contributed by atoms with Gasteiger partial charge in [0.2, 0.25) is 0 Å². The maximum atomic E-state index is 13.0. The van der Waals surface area contributed by atoms with Gasteiger partial charge in [-0.25, -0.2) is 4.39 Å². The fraction of sp³-hybridized carbons (Fsp3) is 0.200. The van der Waals surface area contributed by atoms with Gasteiger partial charge < -0.3 is 5.73 Å². The molecule has 1 nitrogen and oxygen atoms in total. The standard InChI is InChI=1S/C15H14Cl2FN/c1-9-12(3-2-4-13(9)16)15(19)7-10-5-6-11(18)8-14(10)17/h2-6,8,15H,7,19H2,1H3. The van der Waals surface area contributed by atoms with Gasteiger partial charge in [0.25, 0.3) is 0 Å². The van der Waals surface area contributed by atoms with Crippen LogP contribution in [0.25, 0.3) is 0 Å². The van der Waals surface area contributed by atoms with Crippen LogP contribution in [0.3, 0.4) is 0 Å². The summed E-state index contributed by atoms with van der Waals surface area (Å²) in [6.45, 7) is 1.93. The molecule has 0 aromatic heterocycles. The van der Waals surface area contributed by atoms with Crippen molar-refractivity contribution in [1.82, 2.24) is 0 Å². The third kappa shape index (κ3) is 3.27. The lowest BCUT2D eigenvalue weighted by atomic mass is 9.96. The number of hydrogen-bond donors (Lipinski definition) is 1. The molecule has 2 rings (SSSR count). The van der Waals surface area contributed by atoms with E-state index in [0.717, 1.165) is 16.7 Å². The molecule has 0 radical (unpaired) electrons. The minimum atomic E-state index is -0.346. The van der Waals surface area contributed by atoms with Crippen LogP contribution in [0, 0.1) is 12.7 Å². The fourth-order valence-corrected chi connectivity index (χ4v) is 2.49. The molecule has 1 unspecified atom stereocenters. The molecule has 2 N–H and O–H groups in total. The lowest BCUT2D eigenvalue weighted by molar-refractivity contribution is 0.625. The molecule has 2 aromatic rings. The molecular weight excluding hydrogens is 284 g/mol. The zero-order valence-electron chi connectivity index (χ0n) is 10.5. The Morgan fingerprint density at radius 2 is 1.89 bits per heavy atom. The predicted octanol–water partition coefficient (Wildman–Crippen LogP) is 4.68. The molecule has 0 bridgehead atoms. The maximum absolute atomic E-state index is 13.0. The molecule has 0 heterocycles. The van der Waals surface area contributed by atoms with Gasteiger partial charge in [0.05, 0.1) is 0 Å². The SMILES string of the molecule is Cc1c(Cl)cccc1C(N)Cc1ccc(F)cc1Cl. The summed E-state index contributed by atoms with van der Waals surface area (Å²) in [5.41, 5.74) is 8.97. The first-order valence-electron chi connectivity index (χ1n) is 5.93. The third-order valence-electron chi connectivity index (χ3n) is 3.16. The molecule has 0 fully saturated rings. The van der Waals surface area contributed by atoms with Crippen molar-refractivity contribution in [1.29, 1.82) is 0 Å². The van der Waals surface area contributed by atoms with Gasteiger partial charge in [-0.1, -0.05) is 41.4 Å². The van der Waals surface area contributed by atoms with E-state index in [1.54, 1.807) is 6.07 Å². The molecule has 0 aliphatic heterocycles. The largest absolute Gasteiger partial charge is 0.324 e. The van der Waals surface area contributed by atoms with Crippen molar-refractivity contribution in [3.8, 4) is 0 Å². The predicted molar refractivity (Wildman–Crippen MR) is 78.2 cm³/mol. The topological polar surface area (TPSA) is 26.0 Å². The lowest BCUT2D eigenvalue weighted by Crippen LogP contribution is -2.15. The van der Waals surface area contributed by atoms with Crippen LogP contribution in [0.1, 0.15) is 22.7 Å². The highest BCUT2D eigenvalue weighted by atomic mass is 35.5. The summed E-state index contributed by atoms with van der Waals surface area (Å²) in [6, 6.07) is 9.78. The van der Waals surface area contributed by atoms with Crippen molar-refractivity contribution in [2.45, 2.75) is 19.4 Å². The molecule has 100 valence electrons. The summed E-state index contributed by atoms with van der Waals surface area (Å²) in [5, 5.41) is 1.09. The molecule has 0 saturated carbocycles. The van der Waals surface area contributed by atoms with E-state index in [1.165, 1.54) is 12.1 Å². The van der Waals surface area contributed by atoms with E-state index >= 15 is 0 Å². The smallest absolute Gasteiger partial charge is 0.124 e. The maximum Gasteiger partial charge on any atom is 0.124 e. The van der Waals surface area contributed by atoms with Gasteiger partial charge in [0.1, 0.15) is 5.82 Å². The average molecular weight is 298 g/mol. The molecule has 19 heavy (non-hydrogen) atoms. The number of rotatable bonds is 3. The summed E-state index contributed by atoms with van der Waals surface area (Å²) < 4.78 is 13.0. The highest BCUT2D eigenvalue weighted by molar-refractivity contribution is 6.31. The van der Waals surface area contributed by atoms with Crippen molar-refractivity contribution in [3.05, 3.63) is 69.0 Å². The van der Waals surface area contributed by atoms with E-state index in [9.17, 15) is 4.39 Å². The fourth-order valence-electron chi connectivity index (χ4n) is 2.06. The molecular formula is C15H14Cl2FN. The van der Waals surface area contributed by atoms with Crippen molar-refractivity contribution >= 4 is 23.2 Å². The minimum Gasteiger partial charge on any atom is -0.324 e. The second kappa shape index (κ2) is 5.91. The highest BCUT2D eigenvalue weighted by Gasteiger charge is 2.13. The molecule has 4 heteroatoms. The van der Waals surface area contributed by atoms with Gasteiger partial charge in [0, 0.05) is 16.1 Å². The summed E-state index contributed by atoms with van der Waals surface area (Å²) in [4.78, 5) is 0. The zero-order chi connectivity index (χ0) is 14.0. The van der Waals surface area contributed by atoms with Crippen LogP contribution in [0.5, 0.6) is 0 Å². The first-order chi connectivity index (χ1) is 8.99. The van der Waals surface area contributed by atoms with E-state index in [1.807, 2.05) is 25.1 Å². The van der Waals surface area contributed by atoms with Crippen LogP contribution in [-0.4, -0.2) is 0 Å². The van der Waals surface area contributed by atoms with Crippen LogP contribution in [-0.2, 0) is 6.42 Å².